The second-order valence-corrected chi connectivity index (χ2v) is 6.10. The Balaban J connectivity index is 1.90. The Kier molecular flexibility index (Phi) is 5.78. The molecule has 2 rings (SSSR count). The van der Waals surface area contributed by atoms with Gasteiger partial charge in [0, 0.05) is 11.0 Å². The van der Waals surface area contributed by atoms with Crippen LogP contribution < -0.4 is 10.1 Å². The number of benzene rings is 1. The molecule has 0 radical (unpaired) electrons. The SMILES string of the molecule is COc1ccc(Br)c(C(=O)NCC[C@H](O)c2ccsc2)c1. The molecule has 0 fully saturated rings. The standard InChI is InChI=1S/C15H16BrNO3S/c1-20-11-2-3-13(16)12(8-11)15(19)17-6-4-14(18)10-5-7-21-9-10/h2-3,5,7-9,14,18H,4,6H2,1H3,(H,17,19)/t14-/m0/s1. The summed E-state index contributed by atoms with van der Waals surface area (Å²) in [5.74, 6) is 0.431. The van der Waals surface area contributed by atoms with Crippen LogP contribution in [0.15, 0.2) is 39.5 Å². The highest BCUT2D eigenvalue weighted by molar-refractivity contribution is 9.10. The van der Waals surface area contributed by atoms with Crippen LogP contribution in [0.4, 0.5) is 0 Å². The highest BCUT2D eigenvalue weighted by Crippen LogP contribution is 2.23. The number of hydrogen-bond acceptors (Lipinski definition) is 4. The third-order valence-corrected chi connectivity index (χ3v) is 4.44. The summed E-state index contributed by atoms with van der Waals surface area (Å²) in [6.07, 6.45) is -0.0744. The third-order valence-electron chi connectivity index (χ3n) is 3.05. The van der Waals surface area contributed by atoms with E-state index in [1.165, 1.54) is 0 Å². The molecule has 0 aliphatic carbocycles. The van der Waals surface area contributed by atoms with E-state index in [4.69, 9.17) is 4.74 Å². The van der Waals surface area contributed by atoms with Gasteiger partial charge in [-0.25, -0.2) is 0 Å². The first-order valence-electron chi connectivity index (χ1n) is 6.43. The van der Waals surface area contributed by atoms with Gasteiger partial charge in [-0.15, -0.1) is 0 Å². The molecule has 0 aliphatic rings. The Morgan fingerprint density at radius 1 is 1.48 bits per heavy atom. The predicted octanol–water partition coefficient (Wildman–Crippen LogP) is 3.37. The van der Waals surface area contributed by atoms with Crippen molar-refractivity contribution in [2.24, 2.45) is 0 Å². The minimum absolute atomic E-state index is 0.196. The van der Waals surface area contributed by atoms with Crippen molar-refractivity contribution in [1.29, 1.82) is 0 Å². The third kappa shape index (κ3) is 4.30. The van der Waals surface area contributed by atoms with Crippen LogP contribution in [-0.4, -0.2) is 24.7 Å². The summed E-state index contributed by atoms with van der Waals surface area (Å²) in [6.45, 7) is 0.402. The van der Waals surface area contributed by atoms with Gasteiger partial charge in [0.25, 0.3) is 5.91 Å². The van der Waals surface area contributed by atoms with Crippen molar-refractivity contribution >= 4 is 33.2 Å². The van der Waals surface area contributed by atoms with Gasteiger partial charge in [-0.05, 0) is 62.9 Å². The van der Waals surface area contributed by atoms with Crippen molar-refractivity contribution in [2.75, 3.05) is 13.7 Å². The number of rotatable bonds is 6. The molecule has 0 spiro atoms. The lowest BCUT2D eigenvalue weighted by molar-refractivity contribution is 0.0941. The molecule has 0 unspecified atom stereocenters. The van der Waals surface area contributed by atoms with Crippen molar-refractivity contribution in [3.8, 4) is 5.75 Å². The number of aliphatic hydroxyl groups is 1. The number of carbonyl (C=O) groups excluding carboxylic acids is 1. The van der Waals surface area contributed by atoms with Gasteiger partial charge < -0.3 is 15.2 Å². The summed E-state index contributed by atoms with van der Waals surface area (Å²) in [5, 5.41) is 16.6. The van der Waals surface area contributed by atoms with Gasteiger partial charge in [0.15, 0.2) is 0 Å². The van der Waals surface area contributed by atoms with E-state index in [9.17, 15) is 9.90 Å². The molecule has 6 heteroatoms. The molecule has 1 aromatic carbocycles. The van der Waals surface area contributed by atoms with Gasteiger partial charge in [0.05, 0.1) is 18.8 Å². The number of amides is 1. The largest absolute Gasteiger partial charge is 0.497 e. The number of carbonyl (C=O) groups is 1. The molecular weight excluding hydrogens is 354 g/mol. The van der Waals surface area contributed by atoms with Crippen LogP contribution in [0.25, 0.3) is 0 Å². The van der Waals surface area contributed by atoms with Gasteiger partial charge in [-0.1, -0.05) is 0 Å². The predicted molar refractivity (Wildman–Crippen MR) is 86.9 cm³/mol. The van der Waals surface area contributed by atoms with Crippen molar-refractivity contribution < 1.29 is 14.6 Å². The first-order valence-corrected chi connectivity index (χ1v) is 8.17. The van der Waals surface area contributed by atoms with Crippen LogP contribution >= 0.6 is 27.3 Å². The van der Waals surface area contributed by atoms with Crippen molar-refractivity contribution in [1.82, 2.24) is 5.32 Å². The highest BCUT2D eigenvalue weighted by Gasteiger charge is 2.12. The number of halogens is 1. The van der Waals surface area contributed by atoms with Crippen LogP contribution in [0.3, 0.4) is 0 Å². The summed E-state index contributed by atoms with van der Waals surface area (Å²) in [5.41, 5.74) is 1.40. The van der Waals surface area contributed by atoms with E-state index >= 15 is 0 Å². The van der Waals surface area contributed by atoms with Crippen LogP contribution in [-0.2, 0) is 0 Å². The molecule has 1 aromatic heterocycles. The fraction of sp³-hybridized carbons (Fsp3) is 0.267. The molecule has 0 bridgehead atoms. The summed E-state index contributed by atoms with van der Waals surface area (Å²) in [6, 6.07) is 7.11. The number of aliphatic hydroxyl groups excluding tert-OH is 1. The smallest absolute Gasteiger partial charge is 0.252 e. The molecule has 1 amide bonds. The van der Waals surface area contributed by atoms with Gasteiger partial charge in [-0.3, -0.25) is 4.79 Å². The molecule has 21 heavy (non-hydrogen) atoms. The van der Waals surface area contributed by atoms with E-state index in [1.807, 2.05) is 16.8 Å². The van der Waals surface area contributed by atoms with Crippen LogP contribution in [0.5, 0.6) is 5.75 Å². The highest BCUT2D eigenvalue weighted by atomic mass is 79.9. The van der Waals surface area contributed by atoms with E-state index in [0.29, 0.717) is 28.8 Å². The average Bonchev–Trinajstić information content (AvgIpc) is 3.01. The zero-order valence-electron chi connectivity index (χ0n) is 11.5. The number of hydrogen-bond donors (Lipinski definition) is 2. The van der Waals surface area contributed by atoms with Gasteiger partial charge in [0.1, 0.15) is 5.75 Å². The zero-order chi connectivity index (χ0) is 15.2. The number of methoxy groups -OCH3 is 1. The summed E-state index contributed by atoms with van der Waals surface area (Å²) < 4.78 is 5.82. The van der Waals surface area contributed by atoms with E-state index in [2.05, 4.69) is 21.2 Å². The Bertz CT molecular complexity index is 601. The minimum atomic E-state index is -0.551. The molecule has 1 heterocycles. The Hall–Kier alpha value is -1.37. The van der Waals surface area contributed by atoms with Gasteiger partial charge in [-0.2, -0.15) is 11.3 Å². The first-order chi connectivity index (χ1) is 10.1. The fourth-order valence-electron chi connectivity index (χ4n) is 1.85. The minimum Gasteiger partial charge on any atom is -0.497 e. The van der Waals surface area contributed by atoms with E-state index in [0.717, 1.165) is 5.56 Å². The summed E-state index contributed by atoms with van der Waals surface area (Å²) in [7, 11) is 1.56. The van der Waals surface area contributed by atoms with E-state index in [-0.39, 0.29) is 5.91 Å². The maximum absolute atomic E-state index is 12.1. The summed E-state index contributed by atoms with van der Waals surface area (Å²) >= 11 is 4.89. The van der Waals surface area contributed by atoms with Crippen molar-refractivity contribution in [3.63, 3.8) is 0 Å². The molecule has 2 aromatic rings. The maximum atomic E-state index is 12.1. The molecule has 0 aliphatic heterocycles. The Labute approximate surface area is 135 Å². The Morgan fingerprint density at radius 2 is 2.29 bits per heavy atom. The normalized spacial score (nSPS) is 12.0. The first kappa shape index (κ1) is 16.0. The lowest BCUT2D eigenvalue weighted by Gasteiger charge is -2.11. The van der Waals surface area contributed by atoms with Gasteiger partial charge in [0.2, 0.25) is 0 Å². The number of ether oxygens (including phenoxy) is 1. The van der Waals surface area contributed by atoms with E-state index < -0.39 is 6.10 Å². The van der Waals surface area contributed by atoms with Crippen LogP contribution in [0, 0.1) is 0 Å². The van der Waals surface area contributed by atoms with Gasteiger partial charge >= 0.3 is 0 Å². The topological polar surface area (TPSA) is 58.6 Å². The van der Waals surface area contributed by atoms with Crippen LogP contribution in [0.2, 0.25) is 0 Å². The number of thiophene rings is 1. The average molecular weight is 370 g/mol. The van der Waals surface area contributed by atoms with Crippen LogP contribution in [0.1, 0.15) is 28.4 Å². The lowest BCUT2D eigenvalue weighted by atomic mass is 10.1. The van der Waals surface area contributed by atoms with E-state index in [1.54, 1.807) is 36.6 Å². The maximum Gasteiger partial charge on any atom is 0.252 e. The molecule has 0 saturated heterocycles. The lowest BCUT2D eigenvalue weighted by Crippen LogP contribution is -2.26. The molecule has 1 atom stereocenters. The van der Waals surface area contributed by atoms with Crippen molar-refractivity contribution in [3.05, 3.63) is 50.6 Å². The quantitative estimate of drug-likeness (QED) is 0.820. The van der Waals surface area contributed by atoms with Crippen molar-refractivity contribution in [2.45, 2.75) is 12.5 Å². The monoisotopic (exact) mass is 369 g/mol. The second kappa shape index (κ2) is 7.59. The zero-order valence-corrected chi connectivity index (χ0v) is 13.9. The molecular formula is C15H16BrNO3S. The second-order valence-electron chi connectivity index (χ2n) is 4.46. The fourth-order valence-corrected chi connectivity index (χ4v) is 2.99. The molecule has 0 saturated carbocycles. The molecule has 4 nitrogen and oxygen atoms in total. The molecule has 2 N–H and O–H groups in total. The number of nitrogens with one attached hydrogen (secondary N) is 1. The Morgan fingerprint density at radius 3 is 2.95 bits per heavy atom. The summed E-state index contributed by atoms with van der Waals surface area (Å²) in [4.78, 5) is 12.1. The molecule has 112 valence electrons.